The number of carbonyl (C=O) groups excluding carboxylic acids is 2. The number of anilines is 2. The zero-order valence-electron chi connectivity index (χ0n) is 23.2. The monoisotopic (exact) mass is 638 g/mol. The number of fused-ring (bicyclic) bond motifs is 1. The zero-order valence-corrected chi connectivity index (χ0v) is 24.0. The first-order chi connectivity index (χ1) is 20.7. The Hall–Kier alpha value is -4.49. The van der Waals surface area contributed by atoms with Gasteiger partial charge in [-0.3, -0.25) is 24.4 Å². The molecule has 0 spiro atoms. The number of aromatic nitrogens is 2. The molecule has 3 atom stereocenters. The minimum Gasteiger partial charge on any atom is -0.477 e. The van der Waals surface area contributed by atoms with Crippen molar-refractivity contribution < 1.29 is 38.5 Å². The highest BCUT2D eigenvalue weighted by Gasteiger charge is 2.65. The third kappa shape index (κ3) is 6.53. The number of nitriles is 1. The number of methoxy groups -OCH3 is 1. The van der Waals surface area contributed by atoms with Crippen molar-refractivity contribution in [1.82, 2.24) is 14.9 Å². The van der Waals surface area contributed by atoms with E-state index in [2.05, 4.69) is 15.3 Å². The summed E-state index contributed by atoms with van der Waals surface area (Å²) in [5.41, 5.74) is 0.873. The third-order valence-electron chi connectivity index (χ3n) is 7.34. The molecule has 2 aliphatic rings. The van der Waals surface area contributed by atoms with E-state index >= 15 is 0 Å². The van der Waals surface area contributed by atoms with Crippen molar-refractivity contribution >= 4 is 33.4 Å². The first-order valence-corrected chi connectivity index (χ1v) is 15.3. The SMILES string of the molecule is CO[C@@H]1C[C@H](C(=O)N(c2ccc(S(F)(F)(F)(F)F)cc2)C(C(=O)Nc2cnc3c(c2)CCCO3)c2cccnc2)N(C#N)C1. The third-order valence-corrected chi connectivity index (χ3v) is 8.50. The molecule has 1 unspecified atom stereocenters. The number of aryl methyl sites for hydroxylation is 1. The zero-order chi connectivity index (χ0) is 31.8. The summed E-state index contributed by atoms with van der Waals surface area (Å²) in [5, 5.41) is 12.4. The summed E-state index contributed by atoms with van der Waals surface area (Å²) >= 11 is 0. The van der Waals surface area contributed by atoms with Gasteiger partial charge in [0.1, 0.15) is 17.0 Å². The van der Waals surface area contributed by atoms with E-state index in [4.69, 9.17) is 9.47 Å². The van der Waals surface area contributed by atoms with Crippen LogP contribution in [0.3, 0.4) is 0 Å². The highest BCUT2D eigenvalue weighted by Crippen LogP contribution is 3.02. The average Bonchev–Trinajstić information content (AvgIpc) is 3.42. The van der Waals surface area contributed by atoms with E-state index in [1.165, 1.54) is 37.8 Å². The molecule has 2 aliphatic heterocycles. The Labute approximate surface area is 249 Å². The van der Waals surface area contributed by atoms with Crippen LogP contribution in [-0.2, 0) is 20.7 Å². The molecule has 5 rings (SSSR count). The second-order valence-corrected chi connectivity index (χ2v) is 12.8. The van der Waals surface area contributed by atoms with Crippen molar-refractivity contribution in [1.29, 1.82) is 5.26 Å². The Balaban J connectivity index is 1.60. The molecule has 1 N–H and O–H groups in total. The van der Waals surface area contributed by atoms with E-state index in [-0.39, 0.29) is 42.0 Å². The van der Waals surface area contributed by atoms with Crippen LogP contribution in [0.5, 0.6) is 5.88 Å². The molecule has 1 fully saturated rings. The Bertz CT molecular complexity index is 1610. The maximum Gasteiger partial charge on any atom is 0.310 e. The predicted octanol–water partition coefficient (Wildman–Crippen LogP) is 5.74. The van der Waals surface area contributed by atoms with Crippen LogP contribution < -0.4 is 15.0 Å². The number of pyridine rings is 2. The lowest BCUT2D eigenvalue weighted by Crippen LogP contribution is -2.49. The molecule has 0 aliphatic carbocycles. The molecule has 2 aromatic heterocycles. The van der Waals surface area contributed by atoms with Crippen molar-refractivity contribution in [2.24, 2.45) is 0 Å². The molecule has 16 heteroatoms. The van der Waals surface area contributed by atoms with E-state index in [9.17, 15) is 34.3 Å². The van der Waals surface area contributed by atoms with Crippen LogP contribution in [0.1, 0.15) is 30.0 Å². The number of nitrogens with zero attached hydrogens (tertiary/aromatic N) is 5. The fourth-order valence-corrected chi connectivity index (χ4v) is 5.86. The highest BCUT2D eigenvalue weighted by atomic mass is 32.5. The van der Waals surface area contributed by atoms with Crippen molar-refractivity contribution in [3.05, 3.63) is 72.2 Å². The summed E-state index contributed by atoms with van der Waals surface area (Å²) in [7, 11) is -8.66. The number of amides is 2. The molecule has 0 bridgehead atoms. The van der Waals surface area contributed by atoms with Crippen LogP contribution in [0.2, 0.25) is 0 Å². The molecule has 2 amide bonds. The molecular weight excluding hydrogens is 611 g/mol. The van der Waals surface area contributed by atoms with E-state index < -0.39 is 45.1 Å². The van der Waals surface area contributed by atoms with Gasteiger partial charge in [-0.15, -0.1) is 0 Å². The topological polar surface area (TPSA) is 121 Å². The summed E-state index contributed by atoms with van der Waals surface area (Å²) in [5.74, 6) is -1.22. The van der Waals surface area contributed by atoms with E-state index in [0.29, 0.717) is 31.0 Å². The van der Waals surface area contributed by atoms with Crippen molar-refractivity contribution in [2.75, 3.05) is 30.5 Å². The number of carbonyl (C=O) groups is 2. The second-order valence-electron chi connectivity index (χ2n) is 10.4. The smallest absolute Gasteiger partial charge is 0.310 e. The predicted molar refractivity (Wildman–Crippen MR) is 151 cm³/mol. The summed E-state index contributed by atoms with van der Waals surface area (Å²) in [6, 6.07) is 3.62. The standard InChI is InChI=1S/C28H27F5N6O4S/c1-42-22-13-24(38(16-22)17-34)28(41)39(21-6-8-23(9-7-21)44(29,30,31,32)33)25(19-4-2-10-35-14-19)26(40)37-20-12-18-5-3-11-43-27(18)36-15-20/h2,4,6-10,12,14-15,22,24-25H,3,5,11,13,16H2,1H3,(H,37,40)/t22-,24-,25?/m1/s1. The van der Waals surface area contributed by atoms with Gasteiger partial charge >= 0.3 is 10.2 Å². The van der Waals surface area contributed by atoms with Crippen LogP contribution in [-0.4, -0.2) is 59.1 Å². The number of ether oxygens (including phenoxy) is 2. The lowest BCUT2D eigenvalue weighted by Gasteiger charge is -2.41. The van der Waals surface area contributed by atoms with E-state index in [0.717, 1.165) is 21.8 Å². The maximum atomic E-state index is 14.2. The molecule has 4 heterocycles. The summed E-state index contributed by atoms with van der Waals surface area (Å²) in [4.78, 5) is 36.4. The van der Waals surface area contributed by atoms with Gasteiger partial charge in [-0.05, 0) is 49.2 Å². The Morgan fingerprint density at radius 1 is 1.18 bits per heavy atom. The lowest BCUT2D eigenvalue weighted by atomic mass is 10.0. The van der Waals surface area contributed by atoms with Crippen molar-refractivity contribution in [3.63, 3.8) is 0 Å². The normalized spacial score (nSPS) is 20.2. The van der Waals surface area contributed by atoms with Gasteiger partial charge in [-0.25, -0.2) is 4.98 Å². The summed E-state index contributed by atoms with van der Waals surface area (Å²) < 4.78 is 78.6. The molecule has 44 heavy (non-hydrogen) atoms. The van der Waals surface area contributed by atoms with Gasteiger partial charge in [-0.2, -0.15) is 5.26 Å². The van der Waals surface area contributed by atoms with Crippen LogP contribution in [0.4, 0.5) is 30.8 Å². The molecular formula is C28H27F5N6O4S. The van der Waals surface area contributed by atoms with E-state index in [1.54, 1.807) is 6.07 Å². The van der Waals surface area contributed by atoms with Gasteiger partial charge in [0, 0.05) is 42.7 Å². The van der Waals surface area contributed by atoms with Crippen LogP contribution in [0, 0.1) is 11.5 Å². The van der Waals surface area contributed by atoms with Gasteiger partial charge in [0.05, 0.1) is 31.1 Å². The first kappa shape index (κ1) is 31.0. The number of hydrogen-bond acceptors (Lipinski definition) is 8. The highest BCUT2D eigenvalue weighted by molar-refractivity contribution is 8.45. The van der Waals surface area contributed by atoms with Gasteiger partial charge in [0.15, 0.2) is 6.19 Å². The average molecular weight is 639 g/mol. The number of nitrogens with one attached hydrogen (secondary N) is 1. The Morgan fingerprint density at radius 2 is 1.93 bits per heavy atom. The van der Waals surface area contributed by atoms with Crippen LogP contribution in [0.15, 0.2) is 66.0 Å². The fourth-order valence-electron chi connectivity index (χ4n) is 5.21. The molecule has 10 nitrogen and oxygen atoms in total. The minimum atomic E-state index is -10.1. The second kappa shape index (κ2) is 10.9. The lowest BCUT2D eigenvalue weighted by molar-refractivity contribution is -0.126. The van der Waals surface area contributed by atoms with Crippen molar-refractivity contribution in [3.8, 4) is 12.1 Å². The van der Waals surface area contributed by atoms with Crippen molar-refractivity contribution in [2.45, 2.75) is 42.3 Å². The number of hydrogen-bond donors (Lipinski definition) is 1. The molecule has 0 saturated carbocycles. The Kier molecular flexibility index (Phi) is 7.67. The number of benzene rings is 1. The number of halogens is 5. The summed E-state index contributed by atoms with van der Waals surface area (Å²) in [6.45, 7) is 0.546. The Morgan fingerprint density at radius 3 is 2.57 bits per heavy atom. The van der Waals surface area contributed by atoms with Gasteiger partial charge in [-0.1, -0.05) is 25.5 Å². The van der Waals surface area contributed by atoms with E-state index in [1.807, 2.05) is 6.19 Å². The molecule has 234 valence electrons. The number of rotatable bonds is 8. The van der Waals surface area contributed by atoms with Gasteiger partial charge in [0.25, 0.3) is 11.8 Å². The van der Waals surface area contributed by atoms with Crippen LogP contribution >= 0.6 is 10.2 Å². The quantitative estimate of drug-likeness (QED) is 0.245. The molecule has 1 saturated heterocycles. The maximum absolute atomic E-state index is 14.2. The molecule has 3 aromatic rings. The van der Waals surface area contributed by atoms with Gasteiger partial charge < -0.3 is 14.8 Å². The van der Waals surface area contributed by atoms with Crippen LogP contribution in [0.25, 0.3) is 0 Å². The largest absolute Gasteiger partial charge is 0.477 e. The number of likely N-dealkylation sites (tertiary alicyclic amines) is 1. The molecule has 1 aromatic carbocycles. The first-order valence-electron chi connectivity index (χ1n) is 13.4. The van der Waals surface area contributed by atoms with Gasteiger partial charge in [0.2, 0.25) is 5.88 Å². The fraction of sp³-hybridized carbons (Fsp3) is 0.321. The summed E-state index contributed by atoms with van der Waals surface area (Å²) in [6.07, 6.45) is 6.85. The minimum absolute atomic E-state index is 0.0268. The molecule has 0 radical (unpaired) electrons.